The zero-order valence-electron chi connectivity index (χ0n) is 26.7. The van der Waals surface area contributed by atoms with Gasteiger partial charge in [-0.05, 0) is 69.8 Å². The highest BCUT2D eigenvalue weighted by Gasteiger charge is 2.37. The van der Waals surface area contributed by atoms with Crippen molar-refractivity contribution in [2.45, 2.75) is 29.8 Å². The van der Waals surface area contributed by atoms with Gasteiger partial charge < -0.3 is 14.8 Å². The van der Waals surface area contributed by atoms with Crippen molar-refractivity contribution in [3.8, 4) is 16.9 Å². The molecule has 5 aromatic rings. The molecule has 2 N–H and O–H groups in total. The molecule has 0 radical (unpaired) electrons. The summed E-state index contributed by atoms with van der Waals surface area (Å²) >= 11 is 12.0. The molecule has 0 unspecified atom stereocenters. The number of ether oxygens (including phenoxy) is 2. The molecule has 254 valence electrons. The maximum atomic E-state index is 14.0. The smallest absolute Gasteiger partial charge is 0.410 e. The Bertz CT molecular complexity index is 2200. The number of amides is 2. The molecule has 0 spiro atoms. The van der Waals surface area contributed by atoms with Crippen molar-refractivity contribution in [3.05, 3.63) is 141 Å². The number of methoxy groups -OCH3 is 1. The quantitative estimate of drug-likeness (QED) is 0.167. The fourth-order valence-corrected chi connectivity index (χ4v) is 8.01. The van der Waals surface area contributed by atoms with E-state index in [1.54, 1.807) is 6.07 Å². The minimum absolute atomic E-state index is 0.0810. The Hall–Kier alpha value is -5.03. The van der Waals surface area contributed by atoms with Gasteiger partial charge in [0, 0.05) is 18.0 Å². The number of carbonyl (C=O) groups is 2. The van der Waals surface area contributed by atoms with Crippen LogP contribution in [0, 0.1) is 0 Å². The average Bonchev–Trinajstić information content (AvgIpc) is 3.44. The van der Waals surface area contributed by atoms with Crippen LogP contribution in [0.25, 0.3) is 11.1 Å². The Morgan fingerprint density at radius 2 is 1.48 bits per heavy atom. The highest BCUT2D eigenvalue weighted by atomic mass is 35.5. The third-order valence-electron chi connectivity index (χ3n) is 9.03. The molecule has 1 atom stereocenters. The first-order valence-corrected chi connectivity index (χ1v) is 18.0. The molecule has 0 aromatic heterocycles. The Balaban J connectivity index is 1.12. The van der Waals surface area contributed by atoms with Crippen LogP contribution >= 0.6 is 23.2 Å². The number of fused-ring (bicyclic) bond motifs is 4. The van der Waals surface area contributed by atoms with E-state index in [1.165, 1.54) is 42.3 Å². The van der Waals surface area contributed by atoms with Gasteiger partial charge in [-0.15, -0.1) is 0 Å². The minimum Gasteiger partial charge on any atom is -0.495 e. The molecule has 1 aliphatic heterocycles. The summed E-state index contributed by atoms with van der Waals surface area (Å²) in [6, 6.07) is 31.5. The predicted molar refractivity (Wildman–Crippen MR) is 193 cm³/mol. The second-order valence-corrected chi connectivity index (χ2v) is 14.5. The van der Waals surface area contributed by atoms with E-state index in [9.17, 15) is 18.0 Å². The van der Waals surface area contributed by atoms with Crippen molar-refractivity contribution >= 4 is 56.6 Å². The number of benzene rings is 5. The van der Waals surface area contributed by atoms with Crippen LogP contribution < -0.4 is 14.8 Å². The number of halogens is 2. The Morgan fingerprint density at radius 1 is 0.820 bits per heavy atom. The third-order valence-corrected chi connectivity index (χ3v) is 11.1. The molecule has 9 nitrogen and oxygen atoms in total. The van der Waals surface area contributed by atoms with Gasteiger partial charge in [-0.3, -0.25) is 14.4 Å². The van der Waals surface area contributed by atoms with Gasteiger partial charge in [-0.25, -0.2) is 13.2 Å². The first kappa shape index (κ1) is 33.5. The molecule has 7 rings (SSSR count). The van der Waals surface area contributed by atoms with Crippen LogP contribution in [0.5, 0.6) is 5.75 Å². The van der Waals surface area contributed by atoms with Crippen molar-refractivity contribution in [1.82, 2.24) is 4.90 Å². The van der Waals surface area contributed by atoms with Crippen LogP contribution in [0.15, 0.2) is 114 Å². The summed E-state index contributed by atoms with van der Waals surface area (Å²) in [5.41, 5.74) is 6.65. The van der Waals surface area contributed by atoms with Gasteiger partial charge >= 0.3 is 6.09 Å². The number of rotatable bonds is 8. The van der Waals surface area contributed by atoms with Gasteiger partial charge in [0.15, 0.2) is 0 Å². The number of nitrogens with one attached hydrogen (secondary N) is 2. The number of anilines is 2. The molecule has 50 heavy (non-hydrogen) atoms. The van der Waals surface area contributed by atoms with Crippen LogP contribution in [0.3, 0.4) is 0 Å². The van der Waals surface area contributed by atoms with Crippen molar-refractivity contribution in [1.29, 1.82) is 0 Å². The first-order valence-electron chi connectivity index (χ1n) is 15.8. The van der Waals surface area contributed by atoms with E-state index in [0.29, 0.717) is 0 Å². The van der Waals surface area contributed by atoms with Crippen LogP contribution in [0.1, 0.15) is 28.2 Å². The van der Waals surface area contributed by atoms with Gasteiger partial charge in [0.05, 0.1) is 34.3 Å². The standard InChI is InChI=1S/C38H31Cl2N3O6S/c1-48-36-17-14-25(19-34(36)42-50(46,47)26-15-16-32(39)33(40)20-26)41-37(44)35-18-23-8-2-3-9-24(23)21-43(35)38(45)49-22-31-29-12-6-4-10-27(29)28-11-5-7-13-30(28)31/h2-17,19-20,31,35,42H,18,21-22H2,1H3,(H,41,44)/t35-/m0/s1. The topological polar surface area (TPSA) is 114 Å². The lowest BCUT2D eigenvalue weighted by Crippen LogP contribution is -2.51. The lowest BCUT2D eigenvalue weighted by atomic mass is 9.93. The third kappa shape index (κ3) is 6.49. The first-order chi connectivity index (χ1) is 24.1. The van der Waals surface area contributed by atoms with Gasteiger partial charge in [0.1, 0.15) is 18.4 Å². The molecule has 12 heteroatoms. The molecule has 5 aromatic carbocycles. The fourth-order valence-electron chi connectivity index (χ4n) is 6.56. The number of carbonyl (C=O) groups excluding carboxylic acids is 2. The molecule has 1 aliphatic carbocycles. The SMILES string of the molecule is COc1ccc(NC(=O)[C@@H]2Cc3ccccc3CN2C(=O)OCC2c3ccccc3-c3ccccc32)cc1NS(=O)(=O)c1ccc(Cl)c(Cl)c1. The summed E-state index contributed by atoms with van der Waals surface area (Å²) in [6.07, 6.45) is -0.342. The highest BCUT2D eigenvalue weighted by Crippen LogP contribution is 2.44. The van der Waals surface area contributed by atoms with Gasteiger partial charge in [0.2, 0.25) is 5.91 Å². The highest BCUT2D eigenvalue weighted by molar-refractivity contribution is 7.92. The molecule has 0 saturated carbocycles. The van der Waals surface area contributed by atoms with Gasteiger partial charge in [0.25, 0.3) is 10.0 Å². The zero-order valence-corrected chi connectivity index (χ0v) is 29.1. The maximum absolute atomic E-state index is 14.0. The van der Waals surface area contributed by atoms with E-state index in [1.807, 2.05) is 48.5 Å². The van der Waals surface area contributed by atoms with E-state index in [2.05, 4.69) is 34.3 Å². The van der Waals surface area contributed by atoms with E-state index in [4.69, 9.17) is 32.7 Å². The number of hydrogen-bond donors (Lipinski definition) is 2. The fraction of sp³-hybridized carbons (Fsp3) is 0.158. The van der Waals surface area contributed by atoms with Gasteiger partial charge in [-0.1, -0.05) is 96.0 Å². The van der Waals surface area contributed by atoms with Crippen LogP contribution in [-0.2, 0) is 32.5 Å². The van der Waals surface area contributed by atoms with Crippen molar-refractivity contribution in [3.63, 3.8) is 0 Å². The van der Waals surface area contributed by atoms with E-state index < -0.39 is 28.1 Å². The summed E-state index contributed by atoms with van der Waals surface area (Å²) in [4.78, 5) is 29.1. The number of hydrogen-bond acceptors (Lipinski definition) is 6. The van der Waals surface area contributed by atoms with E-state index >= 15 is 0 Å². The Labute approximate surface area is 299 Å². The largest absolute Gasteiger partial charge is 0.495 e. The summed E-state index contributed by atoms with van der Waals surface area (Å²) in [5.74, 6) is -0.379. The van der Waals surface area contributed by atoms with Crippen LogP contribution in [-0.4, -0.2) is 45.1 Å². The summed E-state index contributed by atoms with van der Waals surface area (Å²) in [7, 11) is -2.71. The molecule has 2 amide bonds. The van der Waals surface area contributed by atoms with Crippen molar-refractivity contribution < 1.29 is 27.5 Å². The van der Waals surface area contributed by atoms with Gasteiger partial charge in [-0.2, -0.15) is 0 Å². The number of nitrogens with zero attached hydrogens (tertiary/aromatic N) is 1. The summed E-state index contributed by atoms with van der Waals surface area (Å²) in [5, 5.41) is 3.16. The Kier molecular flexibility index (Phi) is 9.17. The molecule has 2 aliphatic rings. The van der Waals surface area contributed by atoms with Crippen LogP contribution in [0.4, 0.5) is 16.2 Å². The second-order valence-electron chi connectivity index (χ2n) is 12.0. The van der Waals surface area contributed by atoms with Crippen molar-refractivity contribution in [2.24, 2.45) is 0 Å². The lowest BCUT2D eigenvalue weighted by Gasteiger charge is -2.35. The molecule has 0 saturated heterocycles. The zero-order chi connectivity index (χ0) is 35.0. The monoisotopic (exact) mass is 727 g/mol. The minimum atomic E-state index is -4.11. The van der Waals surface area contributed by atoms with Crippen molar-refractivity contribution in [2.75, 3.05) is 23.8 Å². The molecule has 0 bridgehead atoms. The van der Waals surface area contributed by atoms with E-state index in [-0.39, 0.29) is 57.6 Å². The molecule has 0 fully saturated rings. The predicted octanol–water partition coefficient (Wildman–Crippen LogP) is 8.12. The molecule has 1 heterocycles. The summed E-state index contributed by atoms with van der Waals surface area (Å²) in [6.45, 7) is 0.294. The average molecular weight is 729 g/mol. The Morgan fingerprint density at radius 3 is 2.16 bits per heavy atom. The molecular weight excluding hydrogens is 697 g/mol. The maximum Gasteiger partial charge on any atom is 0.410 e. The summed E-state index contributed by atoms with van der Waals surface area (Å²) < 4.78 is 40.3. The van der Waals surface area contributed by atoms with Crippen LogP contribution in [0.2, 0.25) is 10.0 Å². The van der Waals surface area contributed by atoms with E-state index in [0.717, 1.165) is 33.4 Å². The second kappa shape index (κ2) is 13.7. The molecular formula is C38H31Cl2N3O6S. The normalized spacial score (nSPS) is 15.0. The number of sulfonamides is 1. The lowest BCUT2D eigenvalue weighted by molar-refractivity contribution is -0.121.